The lowest BCUT2D eigenvalue weighted by Gasteiger charge is -2.30. The molecule has 1 atom stereocenters. The average molecular weight is 268 g/mol. The Morgan fingerprint density at radius 1 is 1.42 bits per heavy atom. The standard InChI is InChI=1S/C14H28N4O/c1-4-13(19-10-12(2)3)9-14(17-11-15)18-7-5-16-6-8-18/h9,11-13,16H,4-8,10H2,1-3H3,(H2,15,17)/b14-9+. The Bertz CT molecular complexity index is 296. The van der Waals surface area contributed by atoms with E-state index in [1.165, 1.54) is 6.34 Å². The minimum atomic E-state index is 0.107. The SMILES string of the molecule is CCC(/C=C(\N=C/N)N1CCNCC1)OCC(C)C. The molecular formula is C14H28N4O. The Labute approximate surface area is 116 Å². The molecule has 0 amide bonds. The number of nitrogens with zero attached hydrogens (tertiary/aromatic N) is 2. The molecule has 0 spiro atoms. The van der Waals surface area contributed by atoms with Crippen molar-refractivity contribution in [2.75, 3.05) is 32.8 Å². The Kier molecular flexibility index (Phi) is 7.52. The summed E-state index contributed by atoms with van der Waals surface area (Å²) in [5, 5.41) is 3.34. The van der Waals surface area contributed by atoms with Gasteiger partial charge in [0.2, 0.25) is 0 Å². The number of rotatable bonds is 7. The van der Waals surface area contributed by atoms with Crippen molar-refractivity contribution in [1.82, 2.24) is 10.2 Å². The van der Waals surface area contributed by atoms with Crippen molar-refractivity contribution < 1.29 is 4.74 Å². The predicted octanol–water partition coefficient (Wildman–Crippen LogP) is 1.17. The van der Waals surface area contributed by atoms with Gasteiger partial charge in [-0.2, -0.15) is 0 Å². The summed E-state index contributed by atoms with van der Waals surface area (Å²) in [5.74, 6) is 1.47. The summed E-state index contributed by atoms with van der Waals surface area (Å²) in [7, 11) is 0. The fraction of sp³-hybridized carbons (Fsp3) is 0.786. The molecule has 1 unspecified atom stereocenters. The van der Waals surface area contributed by atoms with E-state index < -0.39 is 0 Å². The maximum absolute atomic E-state index is 5.89. The highest BCUT2D eigenvalue weighted by Crippen LogP contribution is 2.12. The maximum Gasteiger partial charge on any atom is 0.128 e. The lowest BCUT2D eigenvalue weighted by atomic mass is 10.2. The summed E-state index contributed by atoms with van der Waals surface area (Å²) < 4.78 is 5.89. The third kappa shape index (κ3) is 6.07. The van der Waals surface area contributed by atoms with Crippen LogP contribution in [-0.2, 0) is 4.74 Å². The molecule has 110 valence electrons. The molecule has 0 aromatic carbocycles. The Hall–Kier alpha value is -1.07. The van der Waals surface area contributed by atoms with Crippen LogP contribution >= 0.6 is 0 Å². The first-order valence-electron chi connectivity index (χ1n) is 7.20. The zero-order valence-electron chi connectivity index (χ0n) is 12.4. The fourth-order valence-corrected chi connectivity index (χ4v) is 1.97. The van der Waals surface area contributed by atoms with Crippen LogP contribution in [0.15, 0.2) is 16.9 Å². The highest BCUT2D eigenvalue weighted by molar-refractivity contribution is 5.53. The summed E-state index contributed by atoms with van der Waals surface area (Å²) in [5.41, 5.74) is 5.46. The molecule has 0 aromatic rings. The normalized spacial score (nSPS) is 19.4. The van der Waals surface area contributed by atoms with Gasteiger partial charge in [-0.15, -0.1) is 0 Å². The van der Waals surface area contributed by atoms with Crippen LogP contribution in [0, 0.1) is 5.92 Å². The Morgan fingerprint density at radius 2 is 2.11 bits per heavy atom. The second-order valence-electron chi connectivity index (χ2n) is 5.21. The van der Waals surface area contributed by atoms with Crippen molar-refractivity contribution in [3.63, 3.8) is 0 Å². The molecule has 1 aliphatic rings. The van der Waals surface area contributed by atoms with Gasteiger partial charge in [0.1, 0.15) is 5.82 Å². The van der Waals surface area contributed by atoms with Gasteiger partial charge < -0.3 is 20.7 Å². The van der Waals surface area contributed by atoms with E-state index in [-0.39, 0.29) is 6.10 Å². The zero-order valence-corrected chi connectivity index (χ0v) is 12.4. The fourth-order valence-electron chi connectivity index (χ4n) is 1.97. The molecular weight excluding hydrogens is 240 g/mol. The van der Waals surface area contributed by atoms with Gasteiger partial charge in [0, 0.05) is 32.8 Å². The number of hydrogen-bond acceptors (Lipinski definition) is 4. The smallest absolute Gasteiger partial charge is 0.128 e. The predicted molar refractivity (Wildman–Crippen MR) is 80.1 cm³/mol. The molecule has 3 N–H and O–H groups in total. The number of ether oxygens (including phenoxy) is 1. The van der Waals surface area contributed by atoms with E-state index in [0.717, 1.165) is 45.0 Å². The van der Waals surface area contributed by atoms with Gasteiger partial charge in [-0.05, 0) is 18.4 Å². The molecule has 1 rings (SSSR count). The van der Waals surface area contributed by atoms with Crippen molar-refractivity contribution in [1.29, 1.82) is 0 Å². The third-order valence-corrected chi connectivity index (χ3v) is 3.03. The van der Waals surface area contributed by atoms with E-state index in [2.05, 4.69) is 42.1 Å². The van der Waals surface area contributed by atoms with E-state index in [0.29, 0.717) is 5.92 Å². The first-order valence-corrected chi connectivity index (χ1v) is 7.20. The minimum absolute atomic E-state index is 0.107. The molecule has 5 heteroatoms. The summed E-state index contributed by atoms with van der Waals surface area (Å²) in [4.78, 5) is 6.55. The summed E-state index contributed by atoms with van der Waals surface area (Å²) >= 11 is 0. The van der Waals surface area contributed by atoms with Gasteiger partial charge in [0.05, 0.1) is 12.4 Å². The van der Waals surface area contributed by atoms with Crippen LogP contribution < -0.4 is 11.1 Å². The molecule has 0 aliphatic carbocycles. The van der Waals surface area contributed by atoms with Crippen molar-refractivity contribution in [3.05, 3.63) is 11.9 Å². The van der Waals surface area contributed by atoms with Crippen molar-refractivity contribution in [3.8, 4) is 0 Å². The second kappa shape index (κ2) is 8.93. The quantitative estimate of drug-likeness (QED) is 0.537. The summed E-state index contributed by atoms with van der Waals surface area (Å²) in [6.45, 7) is 11.1. The molecule has 0 bridgehead atoms. The van der Waals surface area contributed by atoms with Gasteiger partial charge in [-0.25, -0.2) is 4.99 Å². The van der Waals surface area contributed by atoms with Crippen LogP contribution in [0.25, 0.3) is 0 Å². The number of nitrogens with one attached hydrogen (secondary N) is 1. The largest absolute Gasteiger partial charge is 0.390 e. The molecule has 1 aliphatic heterocycles. The van der Waals surface area contributed by atoms with Gasteiger partial charge in [-0.3, -0.25) is 0 Å². The van der Waals surface area contributed by atoms with Gasteiger partial charge >= 0.3 is 0 Å². The molecule has 1 fully saturated rings. The maximum atomic E-state index is 5.89. The minimum Gasteiger partial charge on any atom is -0.390 e. The molecule has 1 heterocycles. The van der Waals surface area contributed by atoms with Crippen LogP contribution in [0.4, 0.5) is 0 Å². The molecule has 0 aromatic heterocycles. The molecule has 1 saturated heterocycles. The van der Waals surface area contributed by atoms with Gasteiger partial charge in [-0.1, -0.05) is 20.8 Å². The molecule has 5 nitrogen and oxygen atoms in total. The molecule has 0 saturated carbocycles. The number of hydrogen-bond donors (Lipinski definition) is 2. The summed E-state index contributed by atoms with van der Waals surface area (Å²) in [6.07, 6.45) is 4.51. The lowest BCUT2D eigenvalue weighted by molar-refractivity contribution is 0.0612. The van der Waals surface area contributed by atoms with Crippen LogP contribution in [0.1, 0.15) is 27.2 Å². The van der Waals surface area contributed by atoms with Crippen LogP contribution in [0.5, 0.6) is 0 Å². The third-order valence-electron chi connectivity index (χ3n) is 3.03. The first-order chi connectivity index (χ1) is 9.17. The number of aliphatic imine (C=N–C) groups is 1. The van der Waals surface area contributed by atoms with E-state index in [1.54, 1.807) is 0 Å². The van der Waals surface area contributed by atoms with Gasteiger partial charge in [0.25, 0.3) is 0 Å². The highest BCUT2D eigenvalue weighted by atomic mass is 16.5. The van der Waals surface area contributed by atoms with Crippen molar-refractivity contribution in [2.24, 2.45) is 16.6 Å². The number of nitrogens with two attached hydrogens (primary N) is 1. The number of piperazine rings is 1. The topological polar surface area (TPSA) is 62.9 Å². The Balaban J connectivity index is 2.67. The molecule has 0 radical (unpaired) electrons. The van der Waals surface area contributed by atoms with Gasteiger partial charge in [0.15, 0.2) is 0 Å². The highest BCUT2D eigenvalue weighted by Gasteiger charge is 2.14. The second-order valence-corrected chi connectivity index (χ2v) is 5.21. The van der Waals surface area contributed by atoms with Crippen LogP contribution in [-0.4, -0.2) is 50.1 Å². The van der Waals surface area contributed by atoms with E-state index in [1.807, 2.05) is 0 Å². The van der Waals surface area contributed by atoms with E-state index in [9.17, 15) is 0 Å². The first kappa shape index (κ1) is 16.0. The van der Waals surface area contributed by atoms with Crippen molar-refractivity contribution >= 4 is 6.34 Å². The average Bonchev–Trinajstić information content (AvgIpc) is 2.43. The van der Waals surface area contributed by atoms with E-state index in [4.69, 9.17) is 10.5 Å². The zero-order chi connectivity index (χ0) is 14.1. The lowest BCUT2D eigenvalue weighted by Crippen LogP contribution is -2.42. The van der Waals surface area contributed by atoms with E-state index >= 15 is 0 Å². The molecule has 19 heavy (non-hydrogen) atoms. The van der Waals surface area contributed by atoms with Crippen LogP contribution in [0.3, 0.4) is 0 Å². The van der Waals surface area contributed by atoms with Crippen molar-refractivity contribution in [2.45, 2.75) is 33.3 Å². The monoisotopic (exact) mass is 268 g/mol. The Morgan fingerprint density at radius 3 is 2.63 bits per heavy atom. The summed E-state index contributed by atoms with van der Waals surface area (Å²) in [6, 6.07) is 0. The van der Waals surface area contributed by atoms with Crippen LogP contribution in [0.2, 0.25) is 0 Å².